The number of ether oxygens (including phenoxy) is 2. The number of carbonyl (C=O) groups is 1. The molecule has 0 saturated heterocycles. The minimum atomic E-state index is -4.32. The van der Waals surface area contributed by atoms with Crippen molar-refractivity contribution in [3.63, 3.8) is 0 Å². The third-order valence-electron chi connectivity index (χ3n) is 0.679. The van der Waals surface area contributed by atoms with E-state index < -0.39 is 12.8 Å². The highest BCUT2D eigenvalue weighted by Crippen LogP contribution is 2.13. The first-order chi connectivity index (χ1) is 5.06. The maximum absolute atomic E-state index is 11.3. The fraction of sp³-hybridized carbons (Fsp3) is 0.800. The van der Waals surface area contributed by atoms with Gasteiger partial charge in [0.1, 0.15) is 13.2 Å². The van der Waals surface area contributed by atoms with E-state index in [2.05, 4.69) is 9.47 Å². The third-order valence-corrected chi connectivity index (χ3v) is 0.679. The molecule has 0 radical (unpaired) electrons. The van der Waals surface area contributed by atoms with Gasteiger partial charge in [-0.05, 0) is 0 Å². The van der Waals surface area contributed by atoms with E-state index >= 15 is 0 Å². The SMILES string of the molecule is O=COCCOCC(F)(F)F. The summed E-state index contributed by atoms with van der Waals surface area (Å²) in [7, 11) is 0. The molecule has 66 valence electrons. The standard InChI is InChI=1S/C5H7F3O3/c6-5(7,8)3-10-1-2-11-4-9/h4H,1-3H2. The lowest BCUT2D eigenvalue weighted by atomic mass is 10.7. The van der Waals surface area contributed by atoms with Crippen LogP contribution in [-0.2, 0) is 14.3 Å². The van der Waals surface area contributed by atoms with Crippen molar-refractivity contribution in [3.05, 3.63) is 0 Å². The van der Waals surface area contributed by atoms with Crippen molar-refractivity contribution in [2.24, 2.45) is 0 Å². The highest BCUT2D eigenvalue weighted by Gasteiger charge is 2.27. The second-order valence-electron chi connectivity index (χ2n) is 1.63. The van der Waals surface area contributed by atoms with Crippen LogP contribution in [0.25, 0.3) is 0 Å². The minimum Gasteiger partial charge on any atom is -0.465 e. The van der Waals surface area contributed by atoms with Gasteiger partial charge in [-0.3, -0.25) is 4.79 Å². The van der Waals surface area contributed by atoms with E-state index in [1.807, 2.05) is 0 Å². The van der Waals surface area contributed by atoms with Crippen LogP contribution in [0.15, 0.2) is 0 Å². The van der Waals surface area contributed by atoms with Crippen LogP contribution in [0.4, 0.5) is 13.2 Å². The van der Waals surface area contributed by atoms with Gasteiger partial charge in [-0.1, -0.05) is 0 Å². The molecule has 0 spiro atoms. The number of hydrogen-bond acceptors (Lipinski definition) is 3. The first kappa shape index (κ1) is 10.2. The molecule has 0 rings (SSSR count). The van der Waals surface area contributed by atoms with Crippen molar-refractivity contribution < 1.29 is 27.4 Å². The van der Waals surface area contributed by atoms with Gasteiger partial charge in [0.15, 0.2) is 0 Å². The normalized spacial score (nSPS) is 11.2. The molecule has 0 bridgehead atoms. The lowest BCUT2D eigenvalue weighted by Gasteiger charge is -2.05. The molecule has 0 aliphatic carbocycles. The van der Waals surface area contributed by atoms with Gasteiger partial charge in [0.25, 0.3) is 6.47 Å². The summed E-state index contributed by atoms with van der Waals surface area (Å²) in [5.41, 5.74) is 0. The summed E-state index contributed by atoms with van der Waals surface area (Å²) in [5, 5.41) is 0. The Morgan fingerprint density at radius 1 is 1.27 bits per heavy atom. The first-order valence-corrected chi connectivity index (χ1v) is 2.76. The number of halogens is 3. The molecule has 0 amide bonds. The Bertz CT molecular complexity index is 112. The highest BCUT2D eigenvalue weighted by atomic mass is 19.4. The van der Waals surface area contributed by atoms with Crippen LogP contribution in [0.1, 0.15) is 0 Å². The van der Waals surface area contributed by atoms with Crippen LogP contribution in [-0.4, -0.2) is 32.5 Å². The smallest absolute Gasteiger partial charge is 0.411 e. The molecule has 3 nitrogen and oxygen atoms in total. The van der Waals surface area contributed by atoms with Gasteiger partial charge in [-0.15, -0.1) is 0 Å². The molecule has 0 aromatic heterocycles. The predicted octanol–water partition coefficient (Wildman–Crippen LogP) is 0.738. The van der Waals surface area contributed by atoms with Gasteiger partial charge in [-0.2, -0.15) is 13.2 Å². The fourth-order valence-electron chi connectivity index (χ4n) is 0.343. The zero-order valence-corrected chi connectivity index (χ0v) is 5.56. The van der Waals surface area contributed by atoms with E-state index in [0.29, 0.717) is 0 Å². The largest absolute Gasteiger partial charge is 0.465 e. The van der Waals surface area contributed by atoms with Crippen molar-refractivity contribution in [1.82, 2.24) is 0 Å². The Labute approximate surface area is 61.1 Å². The maximum atomic E-state index is 11.3. The molecule has 0 unspecified atom stereocenters. The molecule has 0 saturated carbocycles. The summed E-state index contributed by atoms with van der Waals surface area (Å²) in [5.74, 6) is 0. The Morgan fingerprint density at radius 3 is 2.36 bits per heavy atom. The molecule has 0 fully saturated rings. The second kappa shape index (κ2) is 4.95. The Kier molecular flexibility index (Phi) is 4.60. The maximum Gasteiger partial charge on any atom is 0.411 e. The van der Waals surface area contributed by atoms with Gasteiger partial charge in [0, 0.05) is 0 Å². The summed E-state index contributed by atoms with van der Waals surface area (Å²) in [6, 6.07) is 0. The summed E-state index contributed by atoms with van der Waals surface area (Å²) in [6.07, 6.45) is -4.32. The number of hydrogen-bond donors (Lipinski definition) is 0. The highest BCUT2D eigenvalue weighted by molar-refractivity contribution is 5.36. The molecule has 6 heteroatoms. The summed E-state index contributed by atoms with van der Waals surface area (Å²) in [6.45, 7) is -1.55. The van der Waals surface area contributed by atoms with Crippen LogP contribution in [0.5, 0.6) is 0 Å². The van der Waals surface area contributed by atoms with Crippen LogP contribution in [0.3, 0.4) is 0 Å². The predicted molar refractivity (Wildman–Crippen MR) is 28.9 cm³/mol. The quantitative estimate of drug-likeness (QED) is 0.453. The fourth-order valence-corrected chi connectivity index (χ4v) is 0.343. The molecular formula is C5H7F3O3. The van der Waals surface area contributed by atoms with Crippen LogP contribution in [0, 0.1) is 0 Å². The number of alkyl halides is 3. The average molecular weight is 172 g/mol. The third kappa shape index (κ3) is 9.22. The zero-order chi connectivity index (χ0) is 8.74. The molecular weight excluding hydrogens is 165 g/mol. The lowest BCUT2D eigenvalue weighted by Crippen LogP contribution is -2.18. The van der Waals surface area contributed by atoms with Gasteiger partial charge in [0.2, 0.25) is 0 Å². The summed E-state index contributed by atoms with van der Waals surface area (Å²) < 4.78 is 42.2. The Morgan fingerprint density at radius 2 is 1.91 bits per heavy atom. The molecule has 11 heavy (non-hydrogen) atoms. The molecule has 0 aromatic carbocycles. The van der Waals surface area contributed by atoms with Gasteiger partial charge in [-0.25, -0.2) is 0 Å². The van der Waals surface area contributed by atoms with Crippen molar-refractivity contribution >= 4 is 6.47 Å². The minimum absolute atomic E-state index is 0.150. The van der Waals surface area contributed by atoms with E-state index in [1.54, 1.807) is 0 Å². The van der Waals surface area contributed by atoms with Crippen LogP contribution in [0.2, 0.25) is 0 Å². The molecule has 0 aliphatic heterocycles. The second-order valence-corrected chi connectivity index (χ2v) is 1.63. The van der Waals surface area contributed by atoms with Gasteiger partial charge >= 0.3 is 6.18 Å². The number of carbonyl (C=O) groups excluding carboxylic acids is 1. The average Bonchev–Trinajstić information content (AvgIpc) is 1.85. The van der Waals surface area contributed by atoms with E-state index in [-0.39, 0.29) is 19.7 Å². The molecule has 0 heterocycles. The topological polar surface area (TPSA) is 35.5 Å². The van der Waals surface area contributed by atoms with E-state index in [4.69, 9.17) is 0 Å². The monoisotopic (exact) mass is 172 g/mol. The van der Waals surface area contributed by atoms with Crippen molar-refractivity contribution in [1.29, 1.82) is 0 Å². The van der Waals surface area contributed by atoms with Gasteiger partial charge < -0.3 is 9.47 Å². The molecule has 0 N–H and O–H groups in total. The Hall–Kier alpha value is -0.780. The van der Waals surface area contributed by atoms with Crippen molar-refractivity contribution in [3.8, 4) is 0 Å². The number of rotatable bonds is 5. The summed E-state index contributed by atoms with van der Waals surface area (Å²) in [4.78, 5) is 9.46. The molecule has 0 atom stereocenters. The van der Waals surface area contributed by atoms with E-state index in [9.17, 15) is 18.0 Å². The Balaban J connectivity index is 3.08. The molecule has 0 aliphatic rings. The van der Waals surface area contributed by atoms with Crippen LogP contribution < -0.4 is 0 Å². The van der Waals surface area contributed by atoms with E-state index in [0.717, 1.165) is 0 Å². The first-order valence-electron chi connectivity index (χ1n) is 2.76. The zero-order valence-electron chi connectivity index (χ0n) is 5.56. The summed E-state index contributed by atoms with van der Waals surface area (Å²) >= 11 is 0. The van der Waals surface area contributed by atoms with Crippen molar-refractivity contribution in [2.45, 2.75) is 6.18 Å². The van der Waals surface area contributed by atoms with Gasteiger partial charge in [0.05, 0.1) is 6.61 Å². The van der Waals surface area contributed by atoms with E-state index in [1.165, 1.54) is 0 Å². The lowest BCUT2D eigenvalue weighted by molar-refractivity contribution is -0.176. The van der Waals surface area contributed by atoms with Crippen LogP contribution >= 0.6 is 0 Å². The molecule has 0 aromatic rings. The van der Waals surface area contributed by atoms with Crippen molar-refractivity contribution in [2.75, 3.05) is 19.8 Å².